The second-order valence-corrected chi connectivity index (χ2v) is 6.73. The summed E-state index contributed by atoms with van der Waals surface area (Å²) in [5.41, 5.74) is 0.0779. The highest BCUT2D eigenvalue weighted by atomic mass is 127. The maximum atomic E-state index is 13.9. The molecule has 1 heterocycles. The van der Waals surface area contributed by atoms with Crippen molar-refractivity contribution < 1.29 is 8.78 Å². The number of benzene rings is 1. The number of hydrogen-bond donors (Lipinski definition) is 2. The fourth-order valence-corrected chi connectivity index (χ4v) is 3.26. The van der Waals surface area contributed by atoms with Crippen LogP contribution in [-0.2, 0) is 0 Å². The summed E-state index contributed by atoms with van der Waals surface area (Å²) in [6, 6.07) is 4.14. The van der Waals surface area contributed by atoms with Gasteiger partial charge in [0.05, 0.1) is 0 Å². The third kappa shape index (κ3) is 5.69. The van der Waals surface area contributed by atoms with E-state index in [-0.39, 0.29) is 35.7 Å². The molecule has 3 rings (SSSR count). The summed E-state index contributed by atoms with van der Waals surface area (Å²) in [4.78, 5) is 6.01. The van der Waals surface area contributed by atoms with Gasteiger partial charge < -0.3 is 15.5 Å². The van der Waals surface area contributed by atoms with Crippen molar-refractivity contribution >= 4 is 35.6 Å². The normalized spacial score (nSPS) is 20.4. The van der Waals surface area contributed by atoms with Gasteiger partial charge in [0, 0.05) is 32.7 Å². The predicted octanol–water partition coefficient (Wildman–Crippen LogP) is 3.52. The van der Waals surface area contributed by atoms with E-state index in [1.54, 1.807) is 11.9 Å². The average Bonchev–Trinajstić information content (AvgIpc) is 3.28. The summed E-state index contributed by atoms with van der Waals surface area (Å²) in [5.74, 6) is 0.712. The van der Waals surface area contributed by atoms with E-state index in [2.05, 4.69) is 15.6 Å². The molecule has 2 N–H and O–H groups in total. The van der Waals surface area contributed by atoms with E-state index in [1.807, 2.05) is 0 Å². The molecule has 0 bridgehead atoms. The molecule has 7 heteroatoms. The largest absolute Gasteiger partial charge is 0.365 e. The van der Waals surface area contributed by atoms with Gasteiger partial charge in [-0.05, 0) is 37.3 Å². The van der Waals surface area contributed by atoms with Crippen LogP contribution in [0.3, 0.4) is 0 Å². The number of rotatable bonds is 6. The van der Waals surface area contributed by atoms with Crippen molar-refractivity contribution in [3.63, 3.8) is 0 Å². The Morgan fingerprint density at radius 3 is 2.60 bits per heavy atom. The zero-order chi connectivity index (χ0) is 16.9. The molecule has 0 amide bonds. The van der Waals surface area contributed by atoms with Gasteiger partial charge in [-0.1, -0.05) is 18.9 Å². The van der Waals surface area contributed by atoms with Crippen molar-refractivity contribution in [2.24, 2.45) is 10.9 Å². The fourth-order valence-electron chi connectivity index (χ4n) is 3.26. The molecular weight excluding hydrogens is 437 g/mol. The topological polar surface area (TPSA) is 39.7 Å². The lowest BCUT2D eigenvalue weighted by Crippen LogP contribution is -2.45. The summed E-state index contributed by atoms with van der Waals surface area (Å²) < 4.78 is 27.8. The molecule has 1 saturated heterocycles. The van der Waals surface area contributed by atoms with Gasteiger partial charge >= 0.3 is 0 Å². The maximum absolute atomic E-state index is 13.9. The second-order valence-electron chi connectivity index (χ2n) is 6.73. The fraction of sp³-hybridized carbons (Fsp3) is 0.611. The lowest BCUT2D eigenvalue weighted by molar-refractivity contribution is 0.575. The van der Waals surface area contributed by atoms with Crippen LogP contribution < -0.4 is 15.5 Å². The predicted molar refractivity (Wildman–Crippen MR) is 109 cm³/mol. The van der Waals surface area contributed by atoms with Gasteiger partial charge in [0.1, 0.15) is 17.3 Å². The van der Waals surface area contributed by atoms with Crippen LogP contribution in [0.25, 0.3) is 0 Å². The Hall–Kier alpha value is -1.12. The number of hydrogen-bond acceptors (Lipinski definition) is 2. The van der Waals surface area contributed by atoms with Crippen LogP contribution in [0, 0.1) is 17.6 Å². The van der Waals surface area contributed by atoms with Crippen molar-refractivity contribution in [2.45, 2.75) is 38.1 Å². The van der Waals surface area contributed by atoms with Crippen LogP contribution in [0.15, 0.2) is 23.2 Å². The molecule has 2 fully saturated rings. The van der Waals surface area contributed by atoms with Gasteiger partial charge in [-0.2, -0.15) is 0 Å². The molecule has 4 nitrogen and oxygen atoms in total. The minimum absolute atomic E-state index is 0. The number of anilines is 1. The van der Waals surface area contributed by atoms with Crippen LogP contribution >= 0.6 is 24.0 Å². The smallest absolute Gasteiger partial charge is 0.191 e. The van der Waals surface area contributed by atoms with Gasteiger partial charge in [-0.15, -0.1) is 24.0 Å². The monoisotopic (exact) mass is 464 g/mol. The molecule has 1 unspecified atom stereocenters. The number of guanidine groups is 1. The number of nitrogens with zero attached hydrogens (tertiary/aromatic N) is 2. The van der Waals surface area contributed by atoms with Crippen LogP contribution in [0.4, 0.5) is 14.5 Å². The Balaban J connectivity index is 0.00000225. The molecule has 2 aliphatic rings. The lowest BCUT2D eigenvalue weighted by atomic mass is 10.2. The molecule has 1 aromatic carbocycles. The van der Waals surface area contributed by atoms with Crippen molar-refractivity contribution in [2.75, 3.05) is 31.6 Å². The van der Waals surface area contributed by atoms with Gasteiger partial charge in [-0.25, -0.2) is 8.78 Å². The summed E-state index contributed by atoms with van der Waals surface area (Å²) in [7, 11) is 1.75. The van der Waals surface area contributed by atoms with Crippen LogP contribution in [0.5, 0.6) is 0 Å². The van der Waals surface area contributed by atoms with Crippen molar-refractivity contribution in [3.8, 4) is 0 Å². The van der Waals surface area contributed by atoms with Crippen molar-refractivity contribution in [1.82, 2.24) is 10.6 Å². The molecule has 1 saturated carbocycles. The van der Waals surface area contributed by atoms with Gasteiger partial charge in [0.25, 0.3) is 0 Å². The first kappa shape index (κ1) is 20.2. The van der Waals surface area contributed by atoms with E-state index in [9.17, 15) is 8.78 Å². The Bertz CT molecular complexity index is 572. The zero-order valence-corrected chi connectivity index (χ0v) is 16.9. The minimum atomic E-state index is -0.502. The molecule has 1 atom stereocenters. The highest BCUT2D eigenvalue weighted by Crippen LogP contribution is 2.33. The first-order chi connectivity index (χ1) is 11.7. The number of nitrogens with one attached hydrogen (secondary N) is 2. The Kier molecular flexibility index (Phi) is 7.71. The van der Waals surface area contributed by atoms with Crippen molar-refractivity contribution in [1.29, 1.82) is 0 Å². The average molecular weight is 464 g/mol. The van der Waals surface area contributed by atoms with Crippen LogP contribution in [0.2, 0.25) is 0 Å². The van der Waals surface area contributed by atoms with Crippen LogP contribution in [-0.4, -0.2) is 38.7 Å². The first-order valence-corrected chi connectivity index (χ1v) is 8.83. The minimum Gasteiger partial charge on any atom is -0.365 e. The Morgan fingerprint density at radius 2 is 1.96 bits per heavy atom. The molecule has 0 radical (unpaired) electrons. The standard InChI is InChI=1S/C18H26F2N4.HI/c1-21-18(22-10-3-4-13-7-8-13)23-14-9-11-24(12-14)17-15(19)5-2-6-16(17)20;/h2,5-6,13-14H,3-4,7-12H2,1H3,(H2,21,22,23);1H. The second kappa shape index (κ2) is 9.54. The molecule has 0 aromatic heterocycles. The number of halogens is 3. The van der Waals surface area contributed by atoms with E-state index in [1.165, 1.54) is 37.5 Å². The Labute approximate surface area is 165 Å². The summed E-state index contributed by atoms with van der Waals surface area (Å²) >= 11 is 0. The van der Waals surface area contributed by atoms with E-state index in [0.29, 0.717) is 13.1 Å². The van der Waals surface area contributed by atoms with E-state index < -0.39 is 11.6 Å². The first-order valence-electron chi connectivity index (χ1n) is 8.83. The van der Waals surface area contributed by atoms with Crippen molar-refractivity contribution in [3.05, 3.63) is 29.8 Å². The van der Waals surface area contributed by atoms with E-state index in [4.69, 9.17) is 0 Å². The third-order valence-electron chi connectivity index (χ3n) is 4.78. The summed E-state index contributed by atoms with van der Waals surface area (Å²) in [6.07, 6.45) is 6.04. The van der Waals surface area contributed by atoms with E-state index >= 15 is 0 Å². The summed E-state index contributed by atoms with van der Waals surface area (Å²) in [6.45, 7) is 2.11. The molecule has 140 valence electrons. The molecule has 1 aliphatic carbocycles. The SMILES string of the molecule is CN=C(NCCCC1CC1)NC1CCN(c2c(F)cccc2F)C1.I. The molecular formula is C18H27F2IN4. The van der Waals surface area contributed by atoms with Gasteiger partial charge in [0.2, 0.25) is 0 Å². The summed E-state index contributed by atoms with van der Waals surface area (Å²) in [5, 5.41) is 6.69. The third-order valence-corrected chi connectivity index (χ3v) is 4.78. The highest BCUT2D eigenvalue weighted by molar-refractivity contribution is 14.0. The van der Waals surface area contributed by atoms with Gasteiger partial charge in [-0.3, -0.25) is 4.99 Å². The number of aliphatic imine (C=N–C) groups is 1. The van der Waals surface area contributed by atoms with Crippen LogP contribution in [0.1, 0.15) is 32.1 Å². The van der Waals surface area contributed by atoms with E-state index in [0.717, 1.165) is 31.3 Å². The Morgan fingerprint density at radius 1 is 1.24 bits per heavy atom. The number of para-hydroxylation sites is 1. The maximum Gasteiger partial charge on any atom is 0.191 e. The lowest BCUT2D eigenvalue weighted by Gasteiger charge is -2.21. The molecule has 1 aliphatic heterocycles. The molecule has 25 heavy (non-hydrogen) atoms. The van der Waals surface area contributed by atoms with Gasteiger partial charge in [0.15, 0.2) is 5.96 Å². The molecule has 0 spiro atoms. The highest BCUT2D eigenvalue weighted by Gasteiger charge is 2.27. The quantitative estimate of drug-likeness (QED) is 0.293. The molecule has 1 aromatic rings. The zero-order valence-electron chi connectivity index (χ0n) is 14.6.